The number of rotatable bonds is 7. The fourth-order valence-corrected chi connectivity index (χ4v) is 3.11. The third kappa shape index (κ3) is 4.95. The van der Waals surface area contributed by atoms with E-state index in [9.17, 15) is 14.4 Å². The summed E-state index contributed by atoms with van der Waals surface area (Å²) in [5.74, 6) is -1.44. The van der Waals surface area contributed by atoms with E-state index in [4.69, 9.17) is 9.84 Å². The van der Waals surface area contributed by atoms with E-state index in [1.54, 1.807) is 38.3 Å². The van der Waals surface area contributed by atoms with Crippen molar-refractivity contribution in [1.82, 2.24) is 4.90 Å². The number of likely N-dealkylation sites (N-methyl/N-ethyl adjacent to an activating group) is 1. The van der Waals surface area contributed by atoms with E-state index in [0.29, 0.717) is 37.2 Å². The molecule has 1 aromatic rings. The fourth-order valence-electron chi connectivity index (χ4n) is 3.11. The number of hydrogen-bond acceptors (Lipinski definition) is 4. The summed E-state index contributed by atoms with van der Waals surface area (Å²) in [4.78, 5) is 37.3. The topological polar surface area (TPSA) is 95.9 Å². The molecule has 0 aromatic heterocycles. The van der Waals surface area contributed by atoms with Crippen LogP contribution < -0.4 is 10.1 Å². The van der Waals surface area contributed by atoms with Gasteiger partial charge in [-0.15, -0.1) is 0 Å². The summed E-state index contributed by atoms with van der Waals surface area (Å²) in [6, 6.07) is 6.98. The Morgan fingerprint density at radius 3 is 2.60 bits per heavy atom. The fraction of sp³-hybridized carbons (Fsp3) is 0.500. The van der Waals surface area contributed by atoms with Crippen molar-refractivity contribution in [1.29, 1.82) is 0 Å². The third-order valence-electron chi connectivity index (χ3n) is 4.51. The number of aliphatic carboxylic acids is 1. The van der Waals surface area contributed by atoms with Gasteiger partial charge in [0, 0.05) is 24.2 Å². The second-order valence-electron chi connectivity index (χ2n) is 6.18. The number of ether oxygens (including phenoxy) is 1. The van der Waals surface area contributed by atoms with E-state index in [1.807, 2.05) is 0 Å². The largest absolute Gasteiger partial charge is 0.497 e. The number of hydrogen-bond donors (Lipinski definition) is 2. The molecule has 0 heterocycles. The van der Waals surface area contributed by atoms with Gasteiger partial charge in [-0.1, -0.05) is 6.07 Å². The molecule has 0 saturated heterocycles. The lowest BCUT2D eigenvalue weighted by Crippen LogP contribution is -2.40. The number of anilines is 1. The van der Waals surface area contributed by atoms with Crippen LogP contribution in [0.2, 0.25) is 0 Å². The molecule has 0 aliphatic heterocycles. The van der Waals surface area contributed by atoms with Crippen LogP contribution in [0, 0.1) is 11.8 Å². The molecule has 7 nitrogen and oxygen atoms in total. The lowest BCUT2D eigenvalue weighted by molar-refractivity contribution is -0.142. The maximum Gasteiger partial charge on any atom is 0.306 e. The molecule has 1 aromatic carbocycles. The summed E-state index contributed by atoms with van der Waals surface area (Å²) in [6.45, 7) is 2.15. The Bertz CT molecular complexity index is 646. The first-order valence-electron chi connectivity index (χ1n) is 8.40. The summed E-state index contributed by atoms with van der Waals surface area (Å²) in [7, 11) is 1.55. The van der Waals surface area contributed by atoms with Crippen molar-refractivity contribution in [3.63, 3.8) is 0 Å². The SMILES string of the molecule is CCN(CC(=O)Nc1cccc(OC)c1)C(=O)[C@@H]1CC[C@H](C(=O)O)C1. The highest BCUT2D eigenvalue weighted by atomic mass is 16.5. The number of methoxy groups -OCH3 is 1. The molecular weight excluding hydrogens is 324 g/mol. The molecule has 1 saturated carbocycles. The van der Waals surface area contributed by atoms with Gasteiger partial charge in [-0.2, -0.15) is 0 Å². The standard InChI is InChI=1S/C18H24N2O5/c1-3-20(17(22)12-7-8-13(9-12)18(23)24)11-16(21)19-14-5-4-6-15(10-14)25-2/h4-6,10,12-13H,3,7-9,11H2,1-2H3,(H,19,21)(H,23,24)/t12-,13+/m1/s1. The number of nitrogens with zero attached hydrogens (tertiary/aromatic N) is 1. The Hall–Kier alpha value is -2.57. The van der Waals surface area contributed by atoms with Gasteiger partial charge in [0.25, 0.3) is 0 Å². The first-order chi connectivity index (χ1) is 11.9. The van der Waals surface area contributed by atoms with Crippen LogP contribution in [-0.4, -0.2) is 48.0 Å². The van der Waals surface area contributed by atoms with Gasteiger partial charge in [0.15, 0.2) is 0 Å². The Kier molecular flexibility index (Phi) is 6.38. The van der Waals surface area contributed by atoms with Gasteiger partial charge in [-0.05, 0) is 38.3 Å². The number of carboxylic acids is 1. The first kappa shape index (κ1) is 18.8. The third-order valence-corrected chi connectivity index (χ3v) is 4.51. The minimum absolute atomic E-state index is 0.0548. The van der Waals surface area contributed by atoms with Crippen molar-refractivity contribution in [2.45, 2.75) is 26.2 Å². The van der Waals surface area contributed by atoms with Gasteiger partial charge in [-0.3, -0.25) is 14.4 Å². The molecule has 0 bridgehead atoms. The monoisotopic (exact) mass is 348 g/mol. The molecule has 7 heteroatoms. The van der Waals surface area contributed by atoms with Crippen molar-refractivity contribution < 1.29 is 24.2 Å². The van der Waals surface area contributed by atoms with Crippen LogP contribution in [0.5, 0.6) is 5.75 Å². The number of nitrogens with one attached hydrogen (secondary N) is 1. The zero-order valence-electron chi connectivity index (χ0n) is 14.5. The van der Waals surface area contributed by atoms with Crippen LogP contribution in [0.4, 0.5) is 5.69 Å². The summed E-state index contributed by atoms with van der Waals surface area (Å²) in [6.07, 6.45) is 1.42. The summed E-state index contributed by atoms with van der Waals surface area (Å²) in [5.41, 5.74) is 0.597. The van der Waals surface area contributed by atoms with Crippen molar-refractivity contribution >= 4 is 23.5 Å². The van der Waals surface area contributed by atoms with Crippen molar-refractivity contribution in [3.8, 4) is 5.75 Å². The zero-order chi connectivity index (χ0) is 18.4. The summed E-state index contributed by atoms with van der Waals surface area (Å²) < 4.78 is 5.11. The quantitative estimate of drug-likeness (QED) is 0.785. The molecule has 2 amide bonds. The van der Waals surface area contributed by atoms with Crippen molar-refractivity contribution in [2.75, 3.05) is 25.5 Å². The molecule has 2 rings (SSSR count). The Balaban J connectivity index is 1.93. The predicted molar refractivity (Wildman–Crippen MR) is 92.3 cm³/mol. The average Bonchev–Trinajstić information content (AvgIpc) is 3.09. The maximum absolute atomic E-state index is 12.6. The molecule has 0 unspecified atom stereocenters. The van der Waals surface area contributed by atoms with Gasteiger partial charge < -0.3 is 20.1 Å². The van der Waals surface area contributed by atoms with Crippen LogP contribution in [-0.2, 0) is 14.4 Å². The minimum atomic E-state index is -0.853. The molecular formula is C18H24N2O5. The van der Waals surface area contributed by atoms with Gasteiger partial charge in [0.2, 0.25) is 11.8 Å². The molecule has 1 fully saturated rings. The van der Waals surface area contributed by atoms with E-state index >= 15 is 0 Å². The van der Waals surface area contributed by atoms with Crippen molar-refractivity contribution in [3.05, 3.63) is 24.3 Å². The van der Waals surface area contributed by atoms with E-state index in [0.717, 1.165) is 0 Å². The molecule has 136 valence electrons. The van der Waals surface area contributed by atoms with Crippen LogP contribution in [0.15, 0.2) is 24.3 Å². The van der Waals surface area contributed by atoms with Crippen LogP contribution >= 0.6 is 0 Å². The highest BCUT2D eigenvalue weighted by Crippen LogP contribution is 2.32. The van der Waals surface area contributed by atoms with E-state index in [1.165, 1.54) is 4.90 Å². The Labute approximate surface area is 147 Å². The number of carboxylic acid groups (broad SMARTS) is 1. The van der Waals surface area contributed by atoms with Crippen LogP contribution in [0.3, 0.4) is 0 Å². The average molecular weight is 348 g/mol. The predicted octanol–water partition coefficient (Wildman–Crippen LogP) is 1.98. The molecule has 0 spiro atoms. The number of carbonyl (C=O) groups excluding carboxylic acids is 2. The molecule has 1 aliphatic rings. The molecule has 2 atom stereocenters. The number of benzene rings is 1. The highest BCUT2D eigenvalue weighted by molar-refractivity contribution is 5.95. The van der Waals surface area contributed by atoms with E-state index in [-0.39, 0.29) is 24.3 Å². The Morgan fingerprint density at radius 2 is 2.00 bits per heavy atom. The summed E-state index contributed by atoms with van der Waals surface area (Å²) in [5, 5.41) is 11.8. The van der Waals surface area contributed by atoms with Gasteiger partial charge >= 0.3 is 5.97 Å². The zero-order valence-corrected chi connectivity index (χ0v) is 14.5. The van der Waals surface area contributed by atoms with Gasteiger partial charge in [-0.25, -0.2) is 0 Å². The second-order valence-corrected chi connectivity index (χ2v) is 6.18. The number of carbonyl (C=O) groups is 3. The smallest absolute Gasteiger partial charge is 0.306 e. The molecule has 25 heavy (non-hydrogen) atoms. The van der Waals surface area contributed by atoms with Gasteiger partial charge in [0.1, 0.15) is 5.75 Å². The van der Waals surface area contributed by atoms with Crippen molar-refractivity contribution in [2.24, 2.45) is 11.8 Å². The van der Waals surface area contributed by atoms with Gasteiger partial charge in [0.05, 0.1) is 19.6 Å². The van der Waals surface area contributed by atoms with E-state index in [2.05, 4.69) is 5.32 Å². The van der Waals surface area contributed by atoms with Crippen LogP contribution in [0.1, 0.15) is 26.2 Å². The molecule has 1 aliphatic carbocycles. The normalized spacial score (nSPS) is 19.3. The maximum atomic E-state index is 12.6. The van der Waals surface area contributed by atoms with E-state index < -0.39 is 11.9 Å². The van der Waals surface area contributed by atoms with Crippen LogP contribution in [0.25, 0.3) is 0 Å². The molecule has 0 radical (unpaired) electrons. The summed E-state index contributed by atoms with van der Waals surface area (Å²) >= 11 is 0. The Morgan fingerprint density at radius 1 is 1.28 bits per heavy atom. The molecule has 2 N–H and O–H groups in total. The second kappa shape index (κ2) is 8.50. The minimum Gasteiger partial charge on any atom is -0.497 e. The lowest BCUT2D eigenvalue weighted by Gasteiger charge is -2.23. The first-order valence-corrected chi connectivity index (χ1v) is 8.40. The lowest BCUT2D eigenvalue weighted by atomic mass is 10.0. The highest BCUT2D eigenvalue weighted by Gasteiger charge is 2.35. The number of amides is 2.